The average molecular weight is 543 g/mol. The van der Waals surface area contributed by atoms with Gasteiger partial charge in [0.25, 0.3) is 5.91 Å². The molecule has 0 unspecified atom stereocenters. The number of phenols is 1. The van der Waals surface area contributed by atoms with Gasteiger partial charge in [0.15, 0.2) is 0 Å². The Morgan fingerprint density at radius 1 is 0.667 bits per heavy atom. The molecular weight excluding hydrogens is 505 g/mol. The normalized spacial score (nSPS) is 11.2. The lowest BCUT2D eigenvalue weighted by Gasteiger charge is -2.27. The minimum atomic E-state index is -1.75. The summed E-state index contributed by atoms with van der Waals surface area (Å²) in [6.45, 7) is 0.551. The number of hydrogen-bond acceptors (Lipinski definition) is 4. The standard InChI is InChI=1S/C33H36NO4P/c35-32-26-27(22-23-31(32)33(36)34-37)38-24-14-3-1-2-4-15-25-39(28-16-8-5-9-17-28,29-18-10-6-11-19-29)30-20-12-7-13-21-30/h5-13,16-23,26H,1-4,14-15,24-25H2,(H2-,34,35,36,37)/p+1. The van der Waals surface area contributed by atoms with Crippen LogP contribution >= 0.6 is 7.26 Å². The summed E-state index contributed by atoms with van der Waals surface area (Å²) in [5.74, 6) is -0.473. The molecule has 202 valence electrons. The van der Waals surface area contributed by atoms with Crippen LogP contribution in [0.15, 0.2) is 109 Å². The van der Waals surface area contributed by atoms with Crippen LogP contribution in [-0.4, -0.2) is 29.0 Å². The van der Waals surface area contributed by atoms with Crippen molar-refractivity contribution < 1.29 is 19.8 Å². The average Bonchev–Trinajstić information content (AvgIpc) is 2.99. The van der Waals surface area contributed by atoms with Crippen LogP contribution in [0.25, 0.3) is 0 Å². The molecule has 0 aliphatic heterocycles. The number of rotatable bonds is 14. The van der Waals surface area contributed by atoms with E-state index in [4.69, 9.17) is 9.94 Å². The van der Waals surface area contributed by atoms with Crippen LogP contribution in [0.3, 0.4) is 0 Å². The van der Waals surface area contributed by atoms with Crippen molar-refractivity contribution in [3.05, 3.63) is 115 Å². The van der Waals surface area contributed by atoms with Crippen LogP contribution in [0.2, 0.25) is 0 Å². The van der Waals surface area contributed by atoms with Crippen LogP contribution in [0.5, 0.6) is 11.5 Å². The van der Waals surface area contributed by atoms with E-state index >= 15 is 0 Å². The summed E-state index contributed by atoms with van der Waals surface area (Å²) < 4.78 is 5.72. The molecular formula is C33H37NO4P+. The van der Waals surface area contributed by atoms with Gasteiger partial charge >= 0.3 is 0 Å². The van der Waals surface area contributed by atoms with E-state index in [1.165, 1.54) is 52.8 Å². The Morgan fingerprint density at radius 2 is 1.15 bits per heavy atom. The molecule has 0 saturated heterocycles. The van der Waals surface area contributed by atoms with Crippen LogP contribution < -0.4 is 26.1 Å². The largest absolute Gasteiger partial charge is 0.507 e. The Labute approximate surface area is 231 Å². The second-order valence-corrected chi connectivity index (χ2v) is 13.2. The summed E-state index contributed by atoms with van der Waals surface area (Å²) >= 11 is 0. The Balaban J connectivity index is 1.29. The van der Waals surface area contributed by atoms with Gasteiger partial charge in [-0.25, -0.2) is 5.48 Å². The summed E-state index contributed by atoms with van der Waals surface area (Å²) in [4.78, 5) is 11.5. The van der Waals surface area contributed by atoms with E-state index in [2.05, 4.69) is 91.0 Å². The van der Waals surface area contributed by atoms with Gasteiger partial charge in [0, 0.05) is 6.07 Å². The van der Waals surface area contributed by atoms with E-state index in [1.807, 2.05) is 0 Å². The van der Waals surface area contributed by atoms with E-state index in [1.54, 1.807) is 6.07 Å². The van der Waals surface area contributed by atoms with Gasteiger partial charge in [-0.2, -0.15) is 0 Å². The Morgan fingerprint density at radius 3 is 1.64 bits per heavy atom. The fraction of sp³-hybridized carbons (Fsp3) is 0.242. The first-order chi connectivity index (χ1) is 19.1. The fourth-order valence-corrected chi connectivity index (χ4v) is 9.49. The molecule has 5 nitrogen and oxygen atoms in total. The van der Waals surface area contributed by atoms with Crippen molar-refractivity contribution in [1.29, 1.82) is 0 Å². The van der Waals surface area contributed by atoms with Gasteiger partial charge in [0.1, 0.15) is 34.7 Å². The number of phenolic OH excluding ortho intramolecular Hbond substituents is 1. The third kappa shape index (κ3) is 7.26. The molecule has 0 aromatic heterocycles. The lowest BCUT2D eigenvalue weighted by molar-refractivity contribution is 0.0703. The molecule has 3 N–H and O–H groups in total. The third-order valence-electron chi connectivity index (χ3n) is 7.06. The molecule has 0 atom stereocenters. The SMILES string of the molecule is O=C(NO)c1ccc(OCCCCCCCC[P+](c2ccccc2)(c2ccccc2)c2ccccc2)cc1O. The molecule has 0 bridgehead atoms. The quantitative estimate of drug-likeness (QED) is 0.0765. The number of amides is 1. The maximum absolute atomic E-state index is 11.5. The molecule has 6 heteroatoms. The molecule has 0 aliphatic rings. The number of unbranched alkanes of at least 4 members (excludes halogenated alkanes) is 5. The predicted octanol–water partition coefficient (Wildman–Crippen LogP) is 6.22. The Hall–Kier alpha value is -3.66. The van der Waals surface area contributed by atoms with Gasteiger partial charge < -0.3 is 9.84 Å². The van der Waals surface area contributed by atoms with E-state index in [9.17, 15) is 9.90 Å². The second kappa shape index (κ2) is 14.5. The van der Waals surface area contributed by atoms with Crippen LogP contribution in [0.4, 0.5) is 0 Å². The highest BCUT2D eigenvalue weighted by Gasteiger charge is 2.44. The zero-order valence-electron chi connectivity index (χ0n) is 22.2. The topological polar surface area (TPSA) is 78.8 Å². The van der Waals surface area contributed by atoms with Crippen molar-refractivity contribution in [2.45, 2.75) is 38.5 Å². The molecule has 0 aliphatic carbocycles. The minimum absolute atomic E-state index is 0.00288. The number of hydroxylamine groups is 1. The highest BCUT2D eigenvalue weighted by Crippen LogP contribution is 2.56. The zero-order valence-corrected chi connectivity index (χ0v) is 23.1. The van der Waals surface area contributed by atoms with Crippen molar-refractivity contribution >= 4 is 29.1 Å². The van der Waals surface area contributed by atoms with Gasteiger partial charge in [0.05, 0.1) is 18.3 Å². The summed E-state index contributed by atoms with van der Waals surface area (Å²) in [5, 5.41) is 23.0. The third-order valence-corrected chi connectivity index (χ3v) is 11.6. The van der Waals surface area contributed by atoms with Crippen molar-refractivity contribution in [3.8, 4) is 11.5 Å². The molecule has 1 amide bonds. The number of carbonyl (C=O) groups excluding carboxylic acids is 1. The molecule has 39 heavy (non-hydrogen) atoms. The zero-order chi connectivity index (χ0) is 27.3. The van der Waals surface area contributed by atoms with E-state index < -0.39 is 13.2 Å². The second-order valence-electron chi connectivity index (χ2n) is 9.63. The van der Waals surface area contributed by atoms with Crippen molar-refractivity contribution in [3.63, 3.8) is 0 Å². The first kappa shape index (κ1) is 28.4. The van der Waals surface area contributed by atoms with Crippen molar-refractivity contribution in [1.82, 2.24) is 5.48 Å². The van der Waals surface area contributed by atoms with Crippen LogP contribution in [-0.2, 0) is 0 Å². The van der Waals surface area contributed by atoms with Gasteiger partial charge in [-0.3, -0.25) is 10.0 Å². The molecule has 4 aromatic rings. The number of aromatic hydroxyl groups is 1. The van der Waals surface area contributed by atoms with E-state index in [0.717, 1.165) is 25.4 Å². The highest BCUT2D eigenvalue weighted by molar-refractivity contribution is 7.95. The van der Waals surface area contributed by atoms with Crippen molar-refractivity contribution in [2.24, 2.45) is 0 Å². The van der Waals surface area contributed by atoms with Crippen LogP contribution in [0.1, 0.15) is 48.9 Å². The maximum atomic E-state index is 11.5. The lowest BCUT2D eigenvalue weighted by atomic mass is 10.1. The number of ether oxygens (including phenoxy) is 1. The molecule has 4 rings (SSSR count). The van der Waals surface area contributed by atoms with E-state index in [-0.39, 0.29) is 11.3 Å². The number of benzene rings is 4. The number of carbonyl (C=O) groups is 1. The lowest BCUT2D eigenvalue weighted by Crippen LogP contribution is -2.33. The van der Waals surface area contributed by atoms with Gasteiger partial charge in [-0.1, -0.05) is 73.9 Å². The van der Waals surface area contributed by atoms with Crippen molar-refractivity contribution in [2.75, 3.05) is 12.8 Å². The predicted molar refractivity (Wildman–Crippen MR) is 161 cm³/mol. The summed E-state index contributed by atoms with van der Waals surface area (Å²) in [6.07, 6.45) is 7.86. The molecule has 0 spiro atoms. The van der Waals surface area contributed by atoms with Crippen LogP contribution in [0, 0.1) is 0 Å². The molecule has 4 aromatic carbocycles. The molecule has 0 fully saturated rings. The fourth-order valence-electron chi connectivity index (χ4n) is 5.08. The minimum Gasteiger partial charge on any atom is -0.507 e. The first-order valence-corrected chi connectivity index (χ1v) is 15.6. The maximum Gasteiger partial charge on any atom is 0.278 e. The summed E-state index contributed by atoms with van der Waals surface area (Å²) in [7, 11) is -1.75. The van der Waals surface area contributed by atoms with E-state index in [0.29, 0.717) is 12.4 Å². The Bertz CT molecular complexity index is 1200. The van der Waals surface area contributed by atoms with Gasteiger partial charge in [0.2, 0.25) is 0 Å². The summed E-state index contributed by atoms with van der Waals surface area (Å²) in [6, 6.07) is 37.6. The molecule has 0 heterocycles. The highest BCUT2D eigenvalue weighted by atomic mass is 31.2. The number of nitrogens with one attached hydrogen (secondary N) is 1. The summed E-state index contributed by atoms with van der Waals surface area (Å²) in [5.41, 5.74) is 1.52. The number of hydrogen-bond donors (Lipinski definition) is 3. The van der Waals surface area contributed by atoms with Gasteiger partial charge in [-0.05, 0) is 67.8 Å². The first-order valence-electron chi connectivity index (χ1n) is 13.6. The monoisotopic (exact) mass is 542 g/mol. The molecule has 0 radical (unpaired) electrons. The molecule has 0 saturated carbocycles. The Kier molecular flexibility index (Phi) is 10.5. The smallest absolute Gasteiger partial charge is 0.278 e. The van der Waals surface area contributed by atoms with Gasteiger partial charge in [-0.15, -0.1) is 0 Å².